The van der Waals surface area contributed by atoms with E-state index in [0.717, 1.165) is 4.47 Å². The van der Waals surface area contributed by atoms with E-state index in [4.69, 9.17) is 5.11 Å². The van der Waals surface area contributed by atoms with Gasteiger partial charge in [-0.2, -0.15) is 0 Å². The highest BCUT2D eigenvalue weighted by atomic mass is 79.9. The Bertz CT molecular complexity index is 473. The Labute approximate surface area is 111 Å². The summed E-state index contributed by atoms with van der Waals surface area (Å²) in [5.41, 5.74) is -0.806. The minimum atomic E-state index is -0.835. The van der Waals surface area contributed by atoms with Gasteiger partial charge >= 0.3 is 5.97 Å². The summed E-state index contributed by atoms with van der Waals surface area (Å²) in [5, 5.41) is 10.9. The van der Waals surface area contributed by atoms with Crippen LogP contribution < -0.4 is 0 Å². The summed E-state index contributed by atoms with van der Waals surface area (Å²) < 4.78 is 0.774. The molecule has 1 unspecified atom stereocenters. The molecule has 0 saturated carbocycles. The summed E-state index contributed by atoms with van der Waals surface area (Å²) in [4.78, 5) is 25.5. The number of halogens is 1. The highest BCUT2D eigenvalue weighted by molar-refractivity contribution is 9.10. The van der Waals surface area contributed by atoms with Gasteiger partial charge in [0.2, 0.25) is 0 Å². The van der Waals surface area contributed by atoms with Crippen molar-refractivity contribution in [2.24, 2.45) is 5.41 Å². The quantitative estimate of drug-likeness (QED) is 0.911. The molecule has 2 rings (SSSR count). The van der Waals surface area contributed by atoms with Crippen LogP contribution >= 0.6 is 27.3 Å². The Kier molecular flexibility index (Phi) is 3.27. The Balaban J connectivity index is 2.15. The largest absolute Gasteiger partial charge is 0.481 e. The van der Waals surface area contributed by atoms with Crippen LogP contribution in [0, 0.1) is 5.41 Å². The molecule has 1 aromatic heterocycles. The number of rotatable bonds is 2. The van der Waals surface area contributed by atoms with Gasteiger partial charge in [-0.1, -0.05) is 0 Å². The second-order valence-electron chi connectivity index (χ2n) is 4.44. The summed E-state index contributed by atoms with van der Waals surface area (Å²) in [6.45, 7) is 2.48. The van der Waals surface area contributed by atoms with Gasteiger partial charge in [0.05, 0.1) is 5.41 Å². The lowest BCUT2D eigenvalue weighted by atomic mass is 9.90. The number of carbonyl (C=O) groups is 2. The highest BCUT2D eigenvalue weighted by Crippen LogP contribution is 2.33. The topological polar surface area (TPSA) is 57.6 Å². The first-order chi connectivity index (χ1) is 7.94. The maximum atomic E-state index is 12.2. The van der Waals surface area contributed by atoms with Gasteiger partial charge < -0.3 is 10.0 Å². The zero-order valence-electron chi connectivity index (χ0n) is 9.27. The molecular formula is C11H12BrNO3S. The minimum Gasteiger partial charge on any atom is -0.481 e. The van der Waals surface area contributed by atoms with Crippen molar-refractivity contribution in [2.45, 2.75) is 13.3 Å². The summed E-state index contributed by atoms with van der Waals surface area (Å²) >= 11 is 4.69. The lowest BCUT2D eigenvalue weighted by Crippen LogP contribution is -2.34. The molecule has 0 radical (unpaired) electrons. The number of amides is 1. The van der Waals surface area contributed by atoms with E-state index in [-0.39, 0.29) is 12.5 Å². The summed E-state index contributed by atoms with van der Waals surface area (Å²) in [5.74, 6) is -0.921. The van der Waals surface area contributed by atoms with E-state index in [1.54, 1.807) is 11.8 Å². The Morgan fingerprint density at radius 1 is 1.59 bits per heavy atom. The molecule has 1 aliphatic rings. The monoisotopic (exact) mass is 317 g/mol. The van der Waals surface area contributed by atoms with Gasteiger partial charge in [0, 0.05) is 17.6 Å². The molecule has 1 aliphatic heterocycles. The zero-order chi connectivity index (χ0) is 12.6. The lowest BCUT2D eigenvalue weighted by molar-refractivity contribution is -0.147. The van der Waals surface area contributed by atoms with Gasteiger partial charge in [-0.05, 0) is 40.7 Å². The van der Waals surface area contributed by atoms with Crippen molar-refractivity contribution in [3.63, 3.8) is 0 Å². The molecule has 2 heterocycles. The molecule has 1 amide bonds. The third-order valence-corrected chi connectivity index (χ3v) is 4.91. The van der Waals surface area contributed by atoms with Crippen molar-refractivity contribution < 1.29 is 14.7 Å². The van der Waals surface area contributed by atoms with Crippen LogP contribution in [0.2, 0.25) is 0 Å². The number of hydrogen-bond acceptors (Lipinski definition) is 3. The normalized spacial score (nSPS) is 24.0. The molecule has 1 atom stereocenters. The Morgan fingerprint density at radius 3 is 2.76 bits per heavy atom. The van der Waals surface area contributed by atoms with Gasteiger partial charge in [-0.15, -0.1) is 11.3 Å². The third kappa shape index (κ3) is 2.24. The number of nitrogens with zero attached hydrogens (tertiary/aromatic N) is 1. The first-order valence-electron chi connectivity index (χ1n) is 5.20. The molecular weight excluding hydrogens is 306 g/mol. The number of hydrogen-bond donors (Lipinski definition) is 1. The fourth-order valence-corrected chi connectivity index (χ4v) is 3.41. The van der Waals surface area contributed by atoms with Crippen molar-refractivity contribution in [1.29, 1.82) is 0 Å². The first kappa shape index (κ1) is 12.6. The number of thiophene rings is 1. The number of aliphatic carboxylic acids is 1. The second kappa shape index (κ2) is 4.42. The highest BCUT2D eigenvalue weighted by Gasteiger charge is 2.42. The van der Waals surface area contributed by atoms with E-state index < -0.39 is 11.4 Å². The van der Waals surface area contributed by atoms with Crippen LogP contribution in [0.3, 0.4) is 0 Å². The molecule has 0 spiro atoms. The fraction of sp³-hybridized carbons (Fsp3) is 0.455. The standard InChI is InChI=1S/C11H12BrNO3S/c1-11(10(15)16)3-4-13(6-11)9(14)8-7(12)2-5-17-8/h2,5H,3-4,6H2,1H3,(H,15,16). The molecule has 1 fully saturated rings. The SMILES string of the molecule is CC1(C(=O)O)CCN(C(=O)c2sccc2Br)C1. The van der Waals surface area contributed by atoms with E-state index in [1.807, 2.05) is 11.4 Å². The van der Waals surface area contributed by atoms with Crippen LogP contribution in [-0.4, -0.2) is 35.0 Å². The van der Waals surface area contributed by atoms with Crippen molar-refractivity contribution in [3.05, 3.63) is 20.8 Å². The molecule has 17 heavy (non-hydrogen) atoms. The zero-order valence-corrected chi connectivity index (χ0v) is 11.7. The summed E-state index contributed by atoms with van der Waals surface area (Å²) in [7, 11) is 0. The number of carboxylic acid groups (broad SMARTS) is 1. The third-order valence-electron chi connectivity index (χ3n) is 3.09. The molecule has 1 N–H and O–H groups in total. The number of likely N-dealkylation sites (tertiary alicyclic amines) is 1. The Morgan fingerprint density at radius 2 is 2.29 bits per heavy atom. The van der Waals surface area contributed by atoms with Crippen LogP contribution in [0.15, 0.2) is 15.9 Å². The van der Waals surface area contributed by atoms with Gasteiger partial charge in [-0.3, -0.25) is 9.59 Å². The van der Waals surface area contributed by atoms with E-state index in [0.29, 0.717) is 17.8 Å². The van der Waals surface area contributed by atoms with E-state index >= 15 is 0 Å². The molecule has 0 aromatic carbocycles. The summed E-state index contributed by atoms with van der Waals surface area (Å²) in [6, 6.07) is 1.82. The van der Waals surface area contributed by atoms with Gasteiger partial charge in [0.15, 0.2) is 0 Å². The van der Waals surface area contributed by atoms with Crippen LogP contribution in [0.1, 0.15) is 23.0 Å². The van der Waals surface area contributed by atoms with Crippen molar-refractivity contribution in [3.8, 4) is 0 Å². The molecule has 6 heteroatoms. The van der Waals surface area contributed by atoms with Crippen molar-refractivity contribution in [1.82, 2.24) is 4.90 Å². The van der Waals surface area contributed by atoms with Crippen LogP contribution in [0.4, 0.5) is 0 Å². The predicted octanol–water partition coefficient (Wildman–Crippen LogP) is 2.45. The van der Waals surface area contributed by atoms with Gasteiger partial charge in [0.1, 0.15) is 4.88 Å². The van der Waals surface area contributed by atoms with Crippen LogP contribution in [-0.2, 0) is 4.79 Å². The molecule has 1 saturated heterocycles. The molecule has 0 bridgehead atoms. The second-order valence-corrected chi connectivity index (χ2v) is 6.21. The summed E-state index contributed by atoms with van der Waals surface area (Å²) in [6.07, 6.45) is 0.511. The van der Waals surface area contributed by atoms with Crippen molar-refractivity contribution in [2.75, 3.05) is 13.1 Å². The molecule has 4 nitrogen and oxygen atoms in total. The fourth-order valence-electron chi connectivity index (χ4n) is 1.90. The van der Waals surface area contributed by atoms with Gasteiger partial charge in [-0.25, -0.2) is 0 Å². The van der Waals surface area contributed by atoms with Crippen LogP contribution in [0.5, 0.6) is 0 Å². The number of carboxylic acids is 1. The predicted molar refractivity (Wildman–Crippen MR) is 68.3 cm³/mol. The number of carbonyl (C=O) groups excluding carboxylic acids is 1. The lowest BCUT2D eigenvalue weighted by Gasteiger charge is -2.19. The van der Waals surface area contributed by atoms with Crippen LogP contribution in [0.25, 0.3) is 0 Å². The van der Waals surface area contributed by atoms with Crippen molar-refractivity contribution >= 4 is 39.1 Å². The Hall–Kier alpha value is -0.880. The average Bonchev–Trinajstić information content (AvgIpc) is 2.85. The molecule has 1 aromatic rings. The maximum Gasteiger partial charge on any atom is 0.311 e. The minimum absolute atomic E-state index is 0.0862. The smallest absolute Gasteiger partial charge is 0.311 e. The van der Waals surface area contributed by atoms with E-state index in [9.17, 15) is 9.59 Å². The van der Waals surface area contributed by atoms with Gasteiger partial charge in [0.25, 0.3) is 5.91 Å². The van der Waals surface area contributed by atoms with E-state index in [1.165, 1.54) is 11.3 Å². The molecule has 0 aliphatic carbocycles. The first-order valence-corrected chi connectivity index (χ1v) is 6.87. The average molecular weight is 318 g/mol. The molecule has 92 valence electrons. The van der Waals surface area contributed by atoms with E-state index in [2.05, 4.69) is 15.9 Å². The maximum absolute atomic E-state index is 12.2.